The first-order valence-electron chi connectivity index (χ1n) is 11.2. The predicted octanol–water partition coefficient (Wildman–Crippen LogP) is 4.35. The summed E-state index contributed by atoms with van der Waals surface area (Å²) in [6, 6.07) is 3.85. The van der Waals surface area contributed by atoms with E-state index in [0.29, 0.717) is 18.5 Å². The molecule has 0 spiro atoms. The Morgan fingerprint density at radius 1 is 1.22 bits per heavy atom. The Hall–Kier alpha value is -2.48. The van der Waals surface area contributed by atoms with Crippen molar-refractivity contribution >= 4 is 11.7 Å². The Kier molecular flexibility index (Phi) is 6.51. The first-order valence-corrected chi connectivity index (χ1v) is 11.2. The van der Waals surface area contributed by atoms with Crippen LogP contribution in [0.3, 0.4) is 0 Å². The molecule has 5 atom stereocenters. The fourth-order valence-corrected chi connectivity index (χ4v) is 5.33. The number of carbonyl (C=O) groups excluding carboxylic acids is 1. The number of hydrogen-bond donors (Lipinski definition) is 3. The molecular formula is C24H31F3N4O. The maximum absolute atomic E-state index is 13.4. The molecule has 1 saturated carbocycles. The van der Waals surface area contributed by atoms with Gasteiger partial charge in [-0.3, -0.25) is 0 Å². The van der Waals surface area contributed by atoms with Crippen molar-refractivity contribution in [1.29, 1.82) is 0 Å². The highest BCUT2D eigenvalue weighted by atomic mass is 19.4. The number of urea groups is 1. The van der Waals surface area contributed by atoms with Gasteiger partial charge < -0.3 is 20.9 Å². The van der Waals surface area contributed by atoms with Gasteiger partial charge in [-0.15, -0.1) is 0 Å². The van der Waals surface area contributed by atoms with Crippen LogP contribution in [0.5, 0.6) is 0 Å². The van der Waals surface area contributed by atoms with Crippen molar-refractivity contribution in [2.24, 2.45) is 11.8 Å². The Bertz CT molecular complexity index is 896. The molecule has 1 heterocycles. The minimum Gasteiger partial charge on any atom is -0.381 e. The lowest BCUT2D eigenvalue weighted by molar-refractivity contribution is -0.137. The summed E-state index contributed by atoms with van der Waals surface area (Å²) in [5.74, 6) is 0.403. The molecule has 1 unspecified atom stereocenters. The summed E-state index contributed by atoms with van der Waals surface area (Å²) < 4.78 is 40.2. The van der Waals surface area contributed by atoms with E-state index in [9.17, 15) is 18.0 Å². The number of alkyl halides is 3. The monoisotopic (exact) mass is 448 g/mol. The van der Waals surface area contributed by atoms with Crippen molar-refractivity contribution < 1.29 is 18.0 Å². The smallest absolute Gasteiger partial charge is 0.381 e. The average molecular weight is 449 g/mol. The molecule has 1 aliphatic heterocycles. The van der Waals surface area contributed by atoms with Crippen LogP contribution in [0.4, 0.5) is 23.7 Å². The fraction of sp³-hybridized carbons (Fsp3) is 0.542. The van der Waals surface area contributed by atoms with E-state index in [1.54, 1.807) is 6.07 Å². The molecule has 0 aromatic heterocycles. The summed E-state index contributed by atoms with van der Waals surface area (Å²) >= 11 is 0. The molecule has 2 aliphatic carbocycles. The molecular weight excluding hydrogens is 417 g/mol. The zero-order valence-electron chi connectivity index (χ0n) is 18.5. The van der Waals surface area contributed by atoms with E-state index in [-0.39, 0.29) is 35.9 Å². The van der Waals surface area contributed by atoms with Gasteiger partial charge in [0, 0.05) is 36.8 Å². The van der Waals surface area contributed by atoms with Gasteiger partial charge in [-0.05, 0) is 69.0 Å². The molecule has 1 fully saturated rings. The minimum atomic E-state index is -4.37. The zero-order chi connectivity index (χ0) is 22.9. The molecule has 4 rings (SSSR count). The number of fused-ring (bicyclic) bond motifs is 3. The van der Waals surface area contributed by atoms with E-state index < -0.39 is 11.7 Å². The van der Waals surface area contributed by atoms with Crippen LogP contribution in [0.2, 0.25) is 0 Å². The van der Waals surface area contributed by atoms with E-state index in [0.717, 1.165) is 31.1 Å². The summed E-state index contributed by atoms with van der Waals surface area (Å²) in [6.07, 6.45) is 6.29. The predicted molar refractivity (Wildman–Crippen MR) is 120 cm³/mol. The van der Waals surface area contributed by atoms with Gasteiger partial charge in [0.25, 0.3) is 0 Å². The molecule has 8 heteroatoms. The van der Waals surface area contributed by atoms with Crippen LogP contribution < -0.4 is 16.0 Å². The summed E-state index contributed by atoms with van der Waals surface area (Å²) in [5.41, 5.74) is 0.880. The van der Waals surface area contributed by atoms with Crippen LogP contribution in [-0.4, -0.2) is 50.2 Å². The number of nitrogens with zero attached hydrogens (tertiary/aromatic N) is 1. The van der Waals surface area contributed by atoms with Gasteiger partial charge in [0.05, 0.1) is 5.56 Å². The van der Waals surface area contributed by atoms with E-state index in [2.05, 4.69) is 28.1 Å². The molecule has 3 aliphatic rings. The largest absolute Gasteiger partial charge is 0.416 e. The molecule has 0 radical (unpaired) electrons. The zero-order valence-corrected chi connectivity index (χ0v) is 18.5. The molecule has 5 nitrogen and oxygen atoms in total. The number of halogens is 3. The molecule has 32 heavy (non-hydrogen) atoms. The lowest BCUT2D eigenvalue weighted by Crippen LogP contribution is -2.44. The standard InChI is InChI=1S/C24H31F3N4O/c1-31(2)11-10-28-23(32)29-17-13-18-19-12-16(24(25,26)27)8-9-21(19)30-22(20(18)14-17)15-6-4-3-5-7-15/h3-6,8-9,12,15,17-18,20,22,30H,7,10-11,13-14H2,1-2H3,(H2,28,29,32)/t15?,17-,18+,20+,22-/m0/s1. The lowest BCUT2D eigenvalue weighted by atomic mass is 9.73. The normalized spacial score (nSPS) is 28.8. The number of likely N-dealkylation sites (N-methyl/N-ethyl adjacent to an activating group) is 1. The number of amides is 2. The first kappa shape index (κ1) is 22.7. The minimum absolute atomic E-state index is 0.0232. The average Bonchev–Trinajstić information content (AvgIpc) is 3.16. The van der Waals surface area contributed by atoms with Crippen LogP contribution in [0.1, 0.15) is 36.3 Å². The van der Waals surface area contributed by atoms with Crippen LogP contribution >= 0.6 is 0 Å². The third-order valence-electron chi connectivity index (χ3n) is 6.83. The van der Waals surface area contributed by atoms with Gasteiger partial charge in [0.1, 0.15) is 0 Å². The number of benzene rings is 1. The van der Waals surface area contributed by atoms with Crippen molar-refractivity contribution in [3.63, 3.8) is 0 Å². The van der Waals surface area contributed by atoms with Crippen molar-refractivity contribution in [2.45, 2.75) is 43.4 Å². The SMILES string of the molecule is CN(C)CCNC(=O)N[C@@H]1C[C@@H]2[C@H](C1)c1cc(C(F)(F)F)ccc1N[C@H]2C1C=CC=CC1. The van der Waals surface area contributed by atoms with E-state index in [4.69, 9.17) is 0 Å². The van der Waals surface area contributed by atoms with Crippen LogP contribution in [0.25, 0.3) is 0 Å². The second kappa shape index (κ2) is 9.17. The number of carbonyl (C=O) groups is 1. The molecule has 0 bridgehead atoms. The van der Waals surface area contributed by atoms with Crippen LogP contribution in [0, 0.1) is 11.8 Å². The third kappa shape index (κ3) is 4.95. The van der Waals surface area contributed by atoms with Gasteiger partial charge in [-0.1, -0.05) is 24.3 Å². The van der Waals surface area contributed by atoms with E-state index >= 15 is 0 Å². The second-order valence-electron chi connectivity index (χ2n) is 9.32. The summed E-state index contributed by atoms with van der Waals surface area (Å²) in [7, 11) is 3.88. The van der Waals surface area contributed by atoms with Gasteiger partial charge in [0.2, 0.25) is 0 Å². The first-order chi connectivity index (χ1) is 15.2. The molecule has 1 aromatic carbocycles. The highest BCUT2D eigenvalue weighted by Gasteiger charge is 2.46. The van der Waals surface area contributed by atoms with Gasteiger partial charge in [-0.2, -0.15) is 13.2 Å². The molecule has 3 N–H and O–H groups in total. The number of anilines is 1. The Morgan fingerprint density at radius 2 is 2.03 bits per heavy atom. The second-order valence-corrected chi connectivity index (χ2v) is 9.32. The highest BCUT2D eigenvalue weighted by Crippen LogP contribution is 2.51. The molecule has 2 amide bonds. The summed E-state index contributed by atoms with van der Waals surface area (Å²) in [4.78, 5) is 14.4. The van der Waals surface area contributed by atoms with Crippen molar-refractivity contribution in [3.05, 3.63) is 53.6 Å². The number of nitrogens with one attached hydrogen (secondary N) is 3. The number of allylic oxidation sites excluding steroid dienone is 3. The number of rotatable bonds is 5. The van der Waals surface area contributed by atoms with Crippen molar-refractivity contribution in [1.82, 2.24) is 15.5 Å². The maximum Gasteiger partial charge on any atom is 0.416 e. The topological polar surface area (TPSA) is 56.4 Å². The quantitative estimate of drug-likeness (QED) is 0.628. The Morgan fingerprint density at radius 3 is 2.72 bits per heavy atom. The Balaban J connectivity index is 1.54. The fourth-order valence-electron chi connectivity index (χ4n) is 5.33. The highest BCUT2D eigenvalue weighted by molar-refractivity contribution is 5.74. The lowest BCUT2D eigenvalue weighted by Gasteiger charge is -2.41. The van der Waals surface area contributed by atoms with E-state index in [1.165, 1.54) is 6.07 Å². The number of hydrogen-bond acceptors (Lipinski definition) is 3. The van der Waals surface area contributed by atoms with Crippen LogP contribution in [-0.2, 0) is 6.18 Å². The summed E-state index contributed by atoms with van der Waals surface area (Å²) in [6.45, 7) is 1.28. The molecule has 0 saturated heterocycles. The molecule has 174 valence electrons. The van der Waals surface area contributed by atoms with Gasteiger partial charge in [0.15, 0.2) is 0 Å². The van der Waals surface area contributed by atoms with Gasteiger partial charge in [-0.25, -0.2) is 4.79 Å². The van der Waals surface area contributed by atoms with E-state index in [1.807, 2.05) is 31.1 Å². The maximum atomic E-state index is 13.4. The molecule has 1 aromatic rings. The Labute approximate surface area is 187 Å². The third-order valence-corrected chi connectivity index (χ3v) is 6.83. The van der Waals surface area contributed by atoms with Crippen LogP contribution in [0.15, 0.2) is 42.5 Å². The van der Waals surface area contributed by atoms with Crippen molar-refractivity contribution in [3.8, 4) is 0 Å². The van der Waals surface area contributed by atoms with Crippen molar-refractivity contribution in [2.75, 3.05) is 32.5 Å². The summed E-state index contributed by atoms with van der Waals surface area (Å²) in [5, 5.41) is 9.48. The van der Waals surface area contributed by atoms with Gasteiger partial charge >= 0.3 is 12.2 Å².